The number of aromatic nitrogens is 1. The molecule has 1 heterocycles. The van der Waals surface area contributed by atoms with Crippen LogP contribution in [0.15, 0.2) is 30.5 Å². The quantitative estimate of drug-likeness (QED) is 0.703. The summed E-state index contributed by atoms with van der Waals surface area (Å²) in [4.78, 5) is 0. The first-order valence-electron chi connectivity index (χ1n) is 5.13. The maximum absolute atomic E-state index is 12.9. The van der Waals surface area contributed by atoms with Crippen LogP contribution in [0, 0.1) is 5.82 Å². The molecule has 0 aliphatic carbocycles. The van der Waals surface area contributed by atoms with Crippen LogP contribution in [0.1, 0.15) is 6.92 Å². The van der Waals surface area contributed by atoms with Crippen molar-refractivity contribution in [1.82, 2.24) is 4.57 Å². The van der Waals surface area contributed by atoms with Gasteiger partial charge in [0.2, 0.25) is 0 Å². The fourth-order valence-corrected chi connectivity index (χ4v) is 1.67. The zero-order valence-electron chi connectivity index (χ0n) is 8.74. The van der Waals surface area contributed by atoms with Crippen molar-refractivity contribution in [1.29, 1.82) is 0 Å². The van der Waals surface area contributed by atoms with Gasteiger partial charge in [-0.1, -0.05) is 0 Å². The molecule has 3 heteroatoms. The van der Waals surface area contributed by atoms with Crippen LogP contribution in [0.3, 0.4) is 0 Å². The van der Waals surface area contributed by atoms with Gasteiger partial charge in [-0.3, -0.25) is 0 Å². The Morgan fingerprint density at radius 2 is 2.20 bits per heavy atom. The average Bonchev–Trinajstić information content (AvgIpc) is 2.61. The fourth-order valence-electron chi connectivity index (χ4n) is 1.67. The first kappa shape index (κ1) is 10.2. The predicted octanol–water partition coefficient (Wildman–Crippen LogP) is 2.82. The molecule has 2 rings (SSSR count). The Hall–Kier alpha value is -1.35. The molecule has 0 aliphatic rings. The van der Waals surface area contributed by atoms with E-state index in [0.717, 1.165) is 24.1 Å². The maximum atomic E-state index is 12.9. The van der Waals surface area contributed by atoms with Gasteiger partial charge in [0.25, 0.3) is 0 Å². The van der Waals surface area contributed by atoms with Crippen LogP contribution in [0.4, 0.5) is 4.39 Å². The lowest BCUT2D eigenvalue weighted by Crippen LogP contribution is -2.04. The van der Waals surface area contributed by atoms with Crippen molar-refractivity contribution in [3.8, 4) is 0 Å². The van der Waals surface area contributed by atoms with E-state index in [4.69, 9.17) is 4.74 Å². The number of halogens is 1. The Kier molecular flexibility index (Phi) is 3.02. The Balaban J connectivity index is 2.21. The van der Waals surface area contributed by atoms with Crippen molar-refractivity contribution in [3.05, 3.63) is 36.3 Å². The molecule has 0 radical (unpaired) electrons. The summed E-state index contributed by atoms with van der Waals surface area (Å²) < 4.78 is 20.3. The SMILES string of the molecule is CCOCCn1ccc2cc(F)ccc21. The summed E-state index contributed by atoms with van der Waals surface area (Å²) in [5.41, 5.74) is 1.05. The van der Waals surface area contributed by atoms with Crippen LogP contribution in [0.5, 0.6) is 0 Å². The highest BCUT2D eigenvalue weighted by molar-refractivity contribution is 5.80. The Bertz CT molecular complexity index is 450. The van der Waals surface area contributed by atoms with Gasteiger partial charge in [-0.15, -0.1) is 0 Å². The van der Waals surface area contributed by atoms with Gasteiger partial charge in [-0.2, -0.15) is 0 Å². The minimum Gasteiger partial charge on any atom is -0.380 e. The molecule has 0 aliphatic heterocycles. The minimum absolute atomic E-state index is 0.190. The highest BCUT2D eigenvalue weighted by atomic mass is 19.1. The van der Waals surface area contributed by atoms with E-state index in [0.29, 0.717) is 6.61 Å². The summed E-state index contributed by atoms with van der Waals surface area (Å²) in [7, 11) is 0. The van der Waals surface area contributed by atoms with Crippen LogP contribution >= 0.6 is 0 Å². The molecule has 80 valence electrons. The third-order valence-corrected chi connectivity index (χ3v) is 2.41. The van der Waals surface area contributed by atoms with E-state index >= 15 is 0 Å². The van der Waals surface area contributed by atoms with E-state index in [-0.39, 0.29) is 5.82 Å². The molecule has 0 spiro atoms. The lowest BCUT2D eigenvalue weighted by Gasteiger charge is -2.05. The van der Waals surface area contributed by atoms with E-state index in [2.05, 4.69) is 4.57 Å². The first-order valence-corrected chi connectivity index (χ1v) is 5.13. The van der Waals surface area contributed by atoms with Crippen LogP contribution in [0.2, 0.25) is 0 Å². The second-order valence-electron chi connectivity index (χ2n) is 3.41. The van der Waals surface area contributed by atoms with Crippen molar-refractivity contribution in [2.45, 2.75) is 13.5 Å². The lowest BCUT2D eigenvalue weighted by molar-refractivity contribution is 0.140. The van der Waals surface area contributed by atoms with Gasteiger partial charge in [-0.05, 0) is 31.2 Å². The number of fused-ring (bicyclic) bond motifs is 1. The van der Waals surface area contributed by atoms with Gasteiger partial charge in [0.1, 0.15) is 5.82 Å². The fraction of sp³-hybridized carbons (Fsp3) is 0.333. The zero-order chi connectivity index (χ0) is 10.7. The first-order chi connectivity index (χ1) is 7.31. The molecule has 2 aromatic rings. The number of benzene rings is 1. The topological polar surface area (TPSA) is 14.2 Å². The molecule has 0 atom stereocenters. The highest BCUT2D eigenvalue weighted by Gasteiger charge is 2.01. The van der Waals surface area contributed by atoms with E-state index in [1.54, 1.807) is 12.1 Å². The van der Waals surface area contributed by atoms with E-state index in [1.807, 2.05) is 19.2 Å². The van der Waals surface area contributed by atoms with Crippen molar-refractivity contribution in [3.63, 3.8) is 0 Å². The lowest BCUT2D eigenvalue weighted by atomic mass is 10.2. The van der Waals surface area contributed by atoms with Crippen LogP contribution < -0.4 is 0 Å². The standard InChI is InChI=1S/C12H14FNO/c1-2-15-8-7-14-6-5-10-9-11(13)3-4-12(10)14/h3-6,9H,2,7-8H2,1H3. The highest BCUT2D eigenvalue weighted by Crippen LogP contribution is 2.16. The second-order valence-corrected chi connectivity index (χ2v) is 3.41. The monoisotopic (exact) mass is 207 g/mol. The third-order valence-electron chi connectivity index (χ3n) is 2.41. The molecule has 1 aromatic carbocycles. The van der Waals surface area contributed by atoms with Gasteiger partial charge in [0.05, 0.1) is 6.61 Å². The molecule has 2 nitrogen and oxygen atoms in total. The molecule has 15 heavy (non-hydrogen) atoms. The summed E-state index contributed by atoms with van der Waals surface area (Å²) in [5, 5.41) is 0.937. The minimum atomic E-state index is -0.190. The number of ether oxygens (including phenoxy) is 1. The van der Waals surface area contributed by atoms with Crippen LogP contribution in [0.25, 0.3) is 10.9 Å². The van der Waals surface area contributed by atoms with Crippen LogP contribution in [-0.2, 0) is 11.3 Å². The van der Waals surface area contributed by atoms with E-state index < -0.39 is 0 Å². The van der Waals surface area contributed by atoms with Gasteiger partial charge >= 0.3 is 0 Å². The predicted molar refractivity (Wildman–Crippen MR) is 58.4 cm³/mol. The summed E-state index contributed by atoms with van der Waals surface area (Å²) in [6.07, 6.45) is 1.96. The molecule has 0 unspecified atom stereocenters. The number of rotatable bonds is 4. The van der Waals surface area contributed by atoms with Crippen LogP contribution in [-0.4, -0.2) is 17.8 Å². The molecule has 0 amide bonds. The summed E-state index contributed by atoms with van der Waals surface area (Å²) in [6, 6.07) is 6.76. The second kappa shape index (κ2) is 4.45. The van der Waals surface area contributed by atoms with E-state index in [1.165, 1.54) is 6.07 Å². The molecule has 0 saturated heterocycles. The Morgan fingerprint density at radius 3 is 3.00 bits per heavy atom. The Labute approximate surface area is 88.3 Å². The molecular formula is C12H14FNO. The Morgan fingerprint density at radius 1 is 1.33 bits per heavy atom. The van der Waals surface area contributed by atoms with E-state index in [9.17, 15) is 4.39 Å². The normalized spacial score (nSPS) is 11.1. The van der Waals surface area contributed by atoms with Gasteiger partial charge in [-0.25, -0.2) is 4.39 Å². The van der Waals surface area contributed by atoms with Gasteiger partial charge in [0, 0.05) is 30.3 Å². The van der Waals surface area contributed by atoms with Gasteiger partial charge < -0.3 is 9.30 Å². The molecule has 0 N–H and O–H groups in total. The smallest absolute Gasteiger partial charge is 0.123 e. The zero-order valence-corrected chi connectivity index (χ0v) is 8.74. The van der Waals surface area contributed by atoms with Crippen molar-refractivity contribution < 1.29 is 9.13 Å². The molecule has 0 fully saturated rings. The summed E-state index contributed by atoms with van der Waals surface area (Å²) in [5.74, 6) is -0.190. The number of nitrogens with zero attached hydrogens (tertiary/aromatic N) is 1. The summed E-state index contributed by atoms with van der Waals surface area (Å²) >= 11 is 0. The van der Waals surface area contributed by atoms with Gasteiger partial charge in [0.15, 0.2) is 0 Å². The molecule has 1 aromatic heterocycles. The number of hydrogen-bond acceptors (Lipinski definition) is 1. The van der Waals surface area contributed by atoms with Crippen molar-refractivity contribution in [2.75, 3.05) is 13.2 Å². The maximum Gasteiger partial charge on any atom is 0.123 e. The third kappa shape index (κ3) is 2.18. The molecule has 0 saturated carbocycles. The van der Waals surface area contributed by atoms with Crippen molar-refractivity contribution in [2.24, 2.45) is 0 Å². The molecular weight excluding hydrogens is 193 g/mol. The van der Waals surface area contributed by atoms with Crippen molar-refractivity contribution >= 4 is 10.9 Å². The largest absolute Gasteiger partial charge is 0.380 e. The summed E-state index contributed by atoms with van der Waals surface area (Å²) in [6.45, 7) is 4.21. The number of hydrogen-bond donors (Lipinski definition) is 0. The molecule has 0 bridgehead atoms. The average molecular weight is 207 g/mol.